The van der Waals surface area contributed by atoms with Crippen molar-refractivity contribution in [3.63, 3.8) is 0 Å². The first-order valence-electron chi connectivity index (χ1n) is 7.63. The Bertz CT molecular complexity index is 790. The predicted octanol–water partition coefficient (Wildman–Crippen LogP) is 4.76. The molecule has 1 aromatic heterocycles. The van der Waals surface area contributed by atoms with Crippen LogP contribution in [0.25, 0.3) is 11.1 Å². The number of halogens is 1. The molecule has 0 unspecified atom stereocenters. The van der Waals surface area contributed by atoms with E-state index in [1.165, 1.54) is 26.1 Å². The molecule has 0 spiro atoms. The minimum atomic E-state index is -0.438. The van der Waals surface area contributed by atoms with Gasteiger partial charge in [-0.25, -0.2) is 4.79 Å². The molecule has 2 aromatic rings. The lowest BCUT2D eigenvalue weighted by atomic mass is 9.99. The monoisotopic (exact) mass is 363 g/mol. The minimum Gasteiger partial charge on any atom is -0.496 e. The highest BCUT2D eigenvalue weighted by Gasteiger charge is 2.25. The van der Waals surface area contributed by atoms with Gasteiger partial charge in [-0.15, -0.1) is 11.8 Å². The molecule has 126 valence electrons. The van der Waals surface area contributed by atoms with Crippen LogP contribution in [0.2, 0.25) is 5.02 Å². The molecule has 0 radical (unpaired) electrons. The maximum atomic E-state index is 12.1. The summed E-state index contributed by atoms with van der Waals surface area (Å²) in [5, 5.41) is 1.31. The average Bonchev–Trinajstić information content (AvgIpc) is 3.39. The minimum absolute atomic E-state index is 0.389. The summed E-state index contributed by atoms with van der Waals surface area (Å²) >= 11 is 8.25. The lowest BCUT2D eigenvalue weighted by Crippen LogP contribution is -2.05. The number of rotatable bonds is 5. The van der Waals surface area contributed by atoms with E-state index in [9.17, 15) is 4.79 Å². The SMILES string of the molecule is COC(=O)c1cnc(C)cc1-c1cc(Cl)c(SC2CC2)cc1OC. The van der Waals surface area contributed by atoms with Crippen LogP contribution >= 0.6 is 23.4 Å². The summed E-state index contributed by atoms with van der Waals surface area (Å²) in [6.45, 7) is 1.87. The summed E-state index contributed by atoms with van der Waals surface area (Å²) in [6, 6.07) is 5.64. The number of esters is 1. The van der Waals surface area contributed by atoms with Crippen LogP contribution in [-0.2, 0) is 4.74 Å². The van der Waals surface area contributed by atoms with E-state index in [0.717, 1.165) is 16.2 Å². The maximum Gasteiger partial charge on any atom is 0.340 e. The quantitative estimate of drug-likeness (QED) is 0.717. The van der Waals surface area contributed by atoms with E-state index >= 15 is 0 Å². The van der Waals surface area contributed by atoms with Crippen molar-refractivity contribution in [3.05, 3.63) is 40.7 Å². The van der Waals surface area contributed by atoms with Crippen molar-refractivity contribution in [2.75, 3.05) is 14.2 Å². The average molecular weight is 364 g/mol. The highest BCUT2D eigenvalue weighted by Crippen LogP contribution is 2.46. The van der Waals surface area contributed by atoms with Gasteiger partial charge in [-0.1, -0.05) is 11.6 Å². The summed E-state index contributed by atoms with van der Waals surface area (Å²) < 4.78 is 10.4. The first-order chi connectivity index (χ1) is 11.5. The number of hydrogen-bond donors (Lipinski definition) is 0. The molecule has 1 saturated carbocycles. The van der Waals surface area contributed by atoms with Crippen LogP contribution in [-0.4, -0.2) is 30.4 Å². The molecule has 0 saturated heterocycles. The molecule has 1 fully saturated rings. The number of aryl methyl sites for hydroxylation is 1. The number of pyridine rings is 1. The zero-order chi connectivity index (χ0) is 17.3. The molecule has 24 heavy (non-hydrogen) atoms. The maximum absolute atomic E-state index is 12.1. The summed E-state index contributed by atoms with van der Waals surface area (Å²) in [7, 11) is 2.97. The summed E-state index contributed by atoms with van der Waals surface area (Å²) in [6.07, 6.45) is 3.97. The number of aromatic nitrogens is 1. The van der Waals surface area contributed by atoms with Gasteiger partial charge in [0.25, 0.3) is 0 Å². The van der Waals surface area contributed by atoms with Gasteiger partial charge >= 0.3 is 5.97 Å². The van der Waals surface area contributed by atoms with E-state index in [0.29, 0.717) is 27.1 Å². The molecule has 1 aliphatic rings. The number of carbonyl (C=O) groups is 1. The molecular weight excluding hydrogens is 346 g/mol. The molecule has 0 bridgehead atoms. The molecule has 0 N–H and O–H groups in total. The molecule has 0 amide bonds. The van der Waals surface area contributed by atoms with E-state index in [-0.39, 0.29) is 0 Å². The van der Waals surface area contributed by atoms with E-state index in [4.69, 9.17) is 21.1 Å². The number of methoxy groups -OCH3 is 2. The third-order valence-electron chi connectivity index (χ3n) is 3.81. The van der Waals surface area contributed by atoms with E-state index in [1.54, 1.807) is 18.9 Å². The van der Waals surface area contributed by atoms with Gasteiger partial charge in [0.1, 0.15) is 5.75 Å². The second kappa shape index (κ2) is 7.03. The van der Waals surface area contributed by atoms with Gasteiger partial charge in [-0.3, -0.25) is 4.98 Å². The molecule has 6 heteroatoms. The van der Waals surface area contributed by atoms with Gasteiger partial charge in [0.2, 0.25) is 0 Å². The molecule has 1 aromatic carbocycles. The molecule has 0 aliphatic heterocycles. The summed E-state index contributed by atoms with van der Waals surface area (Å²) in [5.74, 6) is 0.241. The summed E-state index contributed by atoms with van der Waals surface area (Å²) in [5.41, 5.74) is 2.65. The van der Waals surface area contributed by atoms with Crippen LogP contribution in [0.1, 0.15) is 28.9 Å². The Labute approximate surface area is 150 Å². The standard InChI is InChI=1S/C18H18ClNO3S/c1-10-6-12(14(9-20-10)18(21)23-3)13-7-15(19)17(8-16(13)22-2)24-11-4-5-11/h6-9,11H,4-5H2,1-3H3. The van der Waals surface area contributed by atoms with E-state index in [1.807, 2.05) is 25.1 Å². The Morgan fingerprint density at radius 3 is 2.62 bits per heavy atom. The van der Waals surface area contributed by atoms with Crippen LogP contribution in [0, 0.1) is 6.92 Å². The number of thioether (sulfide) groups is 1. The lowest BCUT2D eigenvalue weighted by molar-refractivity contribution is 0.0601. The van der Waals surface area contributed by atoms with Gasteiger partial charge in [0.15, 0.2) is 0 Å². The lowest BCUT2D eigenvalue weighted by Gasteiger charge is -2.15. The number of hydrogen-bond acceptors (Lipinski definition) is 5. The Morgan fingerprint density at radius 2 is 2.00 bits per heavy atom. The topological polar surface area (TPSA) is 48.4 Å². The van der Waals surface area contributed by atoms with Gasteiger partial charge in [0.05, 0.1) is 24.8 Å². The van der Waals surface area contributed by atoms with Gasteiger partial charge in [0, 0.05) is 33.2 Å². The number of benzene rings is 1. The molecule has 3 rings (SSSR count). The second-order valence-electron chi connectivity index (χ2n) is 5.66. The Morgan fingerprint density at radius 1 is 1.25 bits per heavy atom. The fraction of sp³-hybridized carbons (Fsp3) is 0.333. The highest BCUT2D eigenvalue weighted by molar-refractivity contribution is 8.00. The Kier molecular flexibility index (Phi) is 5.01. The third kappa shape index (κ3) is 3.52. The van der Waals surface area contributed by atoms with Crippen LogP contribution in [0.5, 0.6) is 5.75 Å². The van der Waals surface area contributed by atoms with Gasteiger partial charge in [-0.05, 0) is 38.0 Å². The zero-order valence-corrected chi connectivity index (χ0v) is 15.3. The number of carbonyl (C=O) groups excluding carboxylic acids is 1. The zero-order valence-electron chi connectivity index (χ0n) is 13.8. The van der Waals surface area contributed by atoms with Crippen molar-refractivity contribution in [2.24, 2.45) is 0 Å². The molecule has 4 nitrogen and oxygen atoms in total. The van der Waals surface area contributed by atoms with Crippen molar-refractivity contribution >= 4 is 29.3 Å². The van der Waals surface area contributed by atoms with Crippen molar-refractivity contribution in [2.45, 2.75) is 29.9 Å². The molecular formula is C18H18ClNO3S. The largest absolute Gasteiger partial charge is 0.496 e. The summed E-state index contributed by atoms with van der Waals surface area (Å²) in [4.78, 5) is 17.3. The smallest absolute Gasteiger partial charge is 0.340 e. The van der Waals surface area contributed by atoms with Gasteiger partial charge < -0.3 is 9.47 Å². The first kappa shape index (κ1) is 17.1. The van der Waals surface area contributed by atoms with Crippen molar-refractivity contribution in [1.82, 2.24) is 4.98 Å². The Balaban J connectivity index is 2.13. The normalized spacial score (nSPS) is 13.7. The van der Waals surface area contributed by atoms with Crippen molar-refractivity contribution in [3.8, 4) is 16.9 Å². The highest BCUT2D eigenvalue weighted by atomic mass is 35.5. The Hall–Kier alpha value is -1.72. The number of ether oxygens (including phenoxy) is 2. The van der Waals surface area contributed by atoms with Crippen LogP contribution in [0.3, 0.4) is 0 Å². The number of nitrogens with zero attached hydrogens (tertiary/aromatic N) is 1. The van der Waals surface area contributed by atoms with Crippen LogP contribution < -0.4 is 4.74 Å². The van der Waals surface area contributed by atoms with E-state index in [2.05, 4.69) is 4.98 Å². The third-order valence-corrected chi connectivity index (χ3v) is 5.63. The van der Waals surface area contributed by atoms with Crippen molar-refractivity contribution in [1.29, 1.82) is 0 Å². The molecule has 0 atom stereocenters. The fourth-order valence-corrected chi connectivity index (χ4v) is 3.80. The van der Waals surface area contributed by atoms with Gasteiger partial charge in [-0.2, -0.15) is 0 Å². The molecule has 1 heterocycles. The van der Waals surface area contributed by atoms with Crippen molar-refractivity contribution < 1.29 is 14.3 Å². The molecule has 1 aliphatic carbocycles. The van der Waals surface area contributed by atoms with E-state index < -0.39 is 5.97 Å². The van der Waals surface area contributed by atoms with Crippen LogP contribution in [0.4, 0.5) is 0 Å². The second-order valence-corrected chi connectivity index (χ2v) is 7.41. The first-order valence-corrected chi connectivity index (χ1v) is 8.88. The van der Waals surface area contributed by atoms with Crippen LogP contribution in [0.15, 0.2) is 29.3 Å². The fourth-order valence-electron chi connectivity index (χ4n) is 2.43. The predicted molar refractivity (Wildman–Crippen MR) is 96.2 cm³/mol.